The molecule has 2 heterocycles. The summed E-state index contributed by atoms with van der Waals surface area (Å²) in [5, 5.41) is 25.8. The summed E-state index contributed by atoms with van der Waals surface area (Å²) in [4.78, 5) is 26.3. The Hall–Kier alpha value is -3.42. The van der Waals surface area contributed by atoms with Gasteiger partial charge in [0.1, 0.15) is 5.56 Å². The highest BCUT2D eigenvalue weighted by Gasteiger charge is 2.18. The predicted octanol–water partition coefficient (Wildman–Crippen LogP) is 2.01. The monoisotopic (exact) mass is 326 g/mol. The molecule has 3 aromatic rings. The fourth-order valence-corrected chi connectivity index (χ4v) is 2.38. The van der Waals surface area contributed by atoms with Crippen molar-refractivity contribution in [3.8, 4) is 5.69 Å². The Morgan fingerprint density at radius 1 is 1.12 bits per heavy atom. The normalized spacial score (nSPS) is 10.7. The minimum absolute atomic E-state index is 0.0273. The summed E-state index contributed by atoms with van der Waals surface area (Å²) in [6.07, 6.45) is 2.63. The van der Waals surface area contributed by atoms with Crippen LogP contribution in [0.3, 0.4) is 0 Å². The molecule has 0 amide bonds. The molecule has 0 aliphatic carbocycles. The minimum Gasteiger partial charge on any atom is -0.481 e. The van der Waals surface area contributed by atoms with Crippen molar-refractivity contribution < 1.29 is 19.8 Å². The molecule has 0 atom stereocenters. The number of rotatable bonds is 6. The Bertz CT molecular complexity index is 905. The van der Waals surface area contributed by atoms with Crippen LogP contribution in [0.2, 0.25) is 0 Å². The van der Waals surface area contributed by atoms with Gasteiger partial charge in [0.2, 0.25) is 0 Å². The number of anilines is 1. The maximum absolute atomic E-state index is 11.4. The SMILES string of the molecule is O=C(O)CCNc1c(C(=O)O)cnc2c1cnn2-c1ccccc1. The summed E-state index contributed by atoms with van der Waals surface area (Å²) in [6.45, 7) is 0.102. The molecule has 0 radical (unpaired) electrons. The van der Waals surface area contributed by atoms with Gasteiger partial charge in [-0.05, 0) is 12.1 Å². The summed E-state index contributed by atoms with van der Waals surface area (Å²) in [7, 11) is 0. The molecule has 2 aromatic heterocycles. The number of aromatic carboxylic acids is 1. The Morgan fingerprint density at radius 2 is 1.88 bits per heavy atom. The molecule has 0 aliphatic heterocycles. The van der Waals surface area contributed by atoms with Gasteiger partial charge < -0.3 is 15.5 Å². The second kappa shape index (κ2) is 6.37. The number of carboxylic acids is 2. The number of carboxylic acid groups (broad SMARTS) is 2. The van der Waals surface area contributed by atoms with E-state index in [2.05, 4.69) is 15.4 Å². The number of nitrogens with one attached hydrogen (secondary N) is 1. The molecule has 0 fully saturated rings. The molecule has 0 unspecified atom stereocenters. The number of hydrogen-bond donors (Lipinski definition) is 3. The van der Waals surface area contributed by atoms with Crippen LogP contribution >= 0.6 is 0 Å². The first-order chi connectivity index (χ1) is 11.6. The molecule has 1 aromatic carbocycles. The number of aromatic nitrogens is 3. The predicted molar refractivity (Wildman–Crippen MR) is 86.6 cm³/mol. The lowest BCUT2D eigenvalue weighted by molar-refractivity contribution is -0.136. The zero-order chi connectivity index (χ0) is 17.1. The molecule has 0 bridgehead atoms. The highest BCUT2D eigenvalue weighted by molar-refractivity contribution is 6.03. The quantitative estimate of drug-likeness (QED) is 0.634. The molecular formula is C16H14N4O4. The van der Waals surface area contributed by atoms with Crippen molar-refractivity contribution in [1.82, 2.24) is 14.8 Å². The Morgan fingerprint density at radius 3 is 2.54 bits per heavy atom. The molecule has 8 heteroatoms. The van der Waals surface area contributed by atoms with Crippen LogP contribution < -0.4 is 5.32 Å². The van der Waals surface area contributed by atoms with Crippen LogP contribution in [-0.4, -0.2) is 43.5 Å². The highest BCUT2D eigenvalue weighted by atomic mass is 16.4. The van der Waals surface area contributed by atoms with Gasteiger partial charge in [-0.25, -0.2) is 14.5 Å². The third-order valence-corrected chi connectivity index (χ3v) is 3.47. The van der Waals surface area contributed by atoms with Crippen molar-refractivity contribution in [2.24, 2.45) is 0 Å². The van der Waals surface area contributed by atoms with Crippen LogP contribution in [-0.2, 0) is 4.79 Å². The van der Waals surface area contributed by atoms with Gasteiger partial charge in [-0.3, -0.25) is 4.79 Å². The molecule has 0 aliphatic rings. The second-order valence-corrected chi connectivity index (χ2v) is 5.05. The number of carbonyl (C=O) groups is 2. The van der Waals surface area contributed by atoms with E-state index in [1.54, 1.807) is 4.68 Å². The van der Waals surface area contributed by atoms with Crippen LogP contribution in [0.25, 0.3) is 16.7 Å². The number of hydrogen-bond acceptors (Lipinski definition) is 5. The van der Waals surface area contributed by atoms with E-state index >= 15 is 0 Å². The highest BCUT2D eigenvalue weighted by Crippen LogP contribution is 2.27. The van der Waals surface area contributed by atoms with Crippen LogP contribution in [0.15, 0.2) is 42.7 Å². The number of aliphatic carboxylic acids is 1. The molecule has 3 N–H and O–H groups in total. The zero-order valence-electron chi connectivity index (χ0n) is 12.5. The van der Waals surface area contributed by atoms with Gasteiger partial charge in [0.05, 0.1) is 29.4 Å². The number of fused-ring (bicyclic) bond motifs is 1. The van der Waals surface area contributed by atoms with Crippen molar-refractivity contribution >= 4 is 28.7 Å². The standard InChI is InChI=1S/C16H14N4O4/c21-13(22)6-7-17-14-11-9-19-20(10-4-2-1-3-5-10)15(11)18-8-12(14)16(23)24/h1-5,8-9H,6-7H2,(H,17,18)(H,21,22)(H,23,24). The summed E-state index contributed by atoms with van der Waals surface area (Å²) < 4.78 is 1.60. The van der Waals surface area contributed by atoms with Gasteiger partial charge in [-0.1, -0.05) is 18.2 Å². The fourth-order valence-electron chi connectivity index (χ4n) is 2.38. The number of pyridine rings is 1. The molecule has 3 rings (SSSR count). The third kappa shape index (κ3) is 2.89. The van der Waals surface area contributed by atoms with Crippen molar-refractivity contribution in [2.75, 3.05) is 11.9 Å². The van der Waals surface area contributed by atoms with E-state index in [1.807, 2.05) is 30.3 Å². The first-order valence-corrected chi connectivity index (χ1v) is 7.19. The van der Waals surface area contributed by atoms with Crippen molar-refractivity contribution in [2.45, 2.75) is 6.42 Å². The molecule has 8 nitrogen and oxygen atoms in total. The number of benzene rings is 1. The maximum Gasteiger partial charge on any atom is 0.339 e. The van der Waals surface area contributed by atoms with E-state index in [0.717, 1.165) is 5.69 Å². The van der Waals surface area contributed by atoms with Crippen LogP contribution in [0.1, 0.15) is 16.8 Å². The van der Waals surface area contributed by atoms with Crippen LogP contribution in [0.4, 0.5) is 5.69 Å². The fraction of sp³-hybridized carbons (Fsp3) is 0.125. The molecule has 24 heavy (non-hydrogen) atoms. The lowest BCUT2D eigenvalue weighted by Crippen LogP contribution is -2.12. The third-order valence-electron chi connectivity index (χ3n) is 3.47. The minimum atomic E-state index is -1.14. The topological polar surface area (TPSA) is 117 Å². The van der Waals surface area contributed by atoms with Crippen LogP contribution in [0.5, 0.6) is 0 Å². The van der Waals surface area contributed by atoms with E-state index in [9.17, 15) is 14.7 Å². The van der Waals surface area contributed by atoms with Gasteiger partial charge in [0.15, 0.2) is 5.65 Å². The van der Waals surface area contributed by atoms with E-state index in [1.165, 1.54) is 12.4 Å². The molecular weight excluding hydrogens is 312 g/mol. The lowest BCUT2D eigenvalue weighted by atomic mass is 10.1. The van der Waals surface area contributed by atoms with Gasteiger partial charge in [-0.2, -0.15) is 5.10 Å². The molecule has 0 spiro atoms. The van der Waals surface area contributed by atoms with E-state index in [-0.39, 0.29) is 18.5 Å². The average molecular weight is 326 g/mol. The summed E-state index contributed by atoms with van der Waals surface area (Å²) in [6, 6.07) is 9.32. The summed E-state index contributed by atoms with van der Waals surface area (Å²) in [5.74, 6) is -2.11. The molecule has 0 saturated heterocycles. The Balaban J connectivity index is 2.09. The first kappa shape index (κ1) is 15.5. The number of para-hydroxylation sites is 1. The van der Waals surface area contributed by atoms with Gasteiger partial charge in [0, 0.05) is 12.7 Å². The lowest BCUT2D eigenvalue weighted by Gasteiger charge is -2.10. The Labute approximate surface area is 136 Å². The Kier molecular flexibility index (Phi) is 4.11. The average Bonchev–Trinajstić information content (AvgIpc) is 2.99. The van der Waals surface area contributed by atoms with E-state index in [0.29, 0.717) is 16.7 Å². The van der Waals surface area contributed by atoms with Gasteiger partial charge >= 0.3 is 11.9 Å². The second-order valence-electron chi connectivity index (χ2n) is 5.05. The van der Waals surface area contributed by atoms with Gasteiger partial charge in [-0.15, -0.1) is 0 Å². The largest absolute Gasteiger partial charge is 0.481 e. The summed E-state index contributed by atoms with van der Waals surface area (Å²) >= 11 is 0. The molecule has 0 saturated carbocycles. The zero-order valence-corrected chi connectivity index (χ0v) is 12.5. The smallest absolute Gasteiger partial charge is 0.339 e. The van der Waals surface area contributed by atoms with Crippen molar-refractivity contribution in [3.63, 3.8) is 0 Å². The van der Waals surface area contributed by atoms with Crippen molar-refractivity contribution in [1.29, 1.82) is 0 Å². The maximum atomic E-state index is 11.4. The first-order valence-electron chi connectivity index (χ1n) is 7.19. The van der Waals surface area contributed by atoms with Crippen LogP contribution in [0, 0.1) is 0 Å². The van der Waals surface area contributed by atoms with E-state index in [4.69, 9.17) is 5.11 Å². The molecule has 122 valence electrons. The number of nitrogens with zero attached hydrogens (tertiary/aromatic N) is 3. The van der Waals surface area contributed by atoms with E-state index < -0.39 is 11.9 Å². The summed E-state index contributed by atoms with van der Waals surface area (Å²) in [5.41, 5.74) is 1.57. The van der Waals surface area contributed by atoms with Gasteiger partial charge in [0.25, 0.3) is 0 Å². The van der Waals surface area contributed by atoms with Crippen molar-refractivity contribution in [3.05, 3.63) is 48.3 Å².